The Balaban J connectivity index is 1.20. The minimum atomic E-state index is -3.62. The fraction of sp³-hybridized carbons (Fsp3) is 0.581. The Morgan fingerprint density at radius 2 is 1.75 bits per heavy atom. The Bertz CT molecular complexity index is 1270. The van der Waals surface area contributed by atoms with Crippen molar-refractivity contribution in [3.05, 3.63) is 64.5 Å². The molecule has 2 unspecified atom stereocenters. The van der Waals surface area contributed by atoms with Gasteiger partial charge in [-0.2, -0.15) is 4.31 Å². The van der Waals surface area contributed by atoms with Gasteiger partial charge in [-0.05, 0) is 108 Å². The number of hydrogen-bond acceptors (Lipinski definition) is 5. The second-order valence-corrected chi connectivity index (χ2v) is 13.7. The van der Waals surface area contributed by atoms with Crippen molar-refractivity contribution in [2.45, 2.75) is 69.9 Å². The highest BCUT2D eigenvalue weighted by Crippen LogP contribution is 2.39. The van der Waals surface area contributed by atoms with Gasteiger partial charge in [0.1, 0.15) is 12.4 Å². The van der Waals surface area contributed by atoms with Crippen LogP contribution in [0.3, 0.4) is 0 Å². The Hall–Kier alpha value is -2.33. The molecule has 0 spiro atoms. The molecule has 0 aromatic heterocycles. The minimum Gasteiger partial charge on any atom is -0.367 e. The van der Waals surface area contributed by atoms with Crippen LogP contribution in [0.25, 0.3) is 0 Å². The molecule has 1 saturated carbocycles. The molecule has 2 fully saturated rings. The molecule has 1 saturated heterocycles. The molecule has 40 heavy (non-hydrogen) atoms. The van der Waals surface area contributed by atoms with E-state index in [1.807, 2.05) is 53.1 Å². The maximum absolute atomic E-state index is 13.8. The van der Waals surface area contributed by atoms with E-state index in [0.29, 0.717) is 36.2 Å². The van der Waals surface area contributed by atoms with Crippen molar-refractivity contribution in [3.8, 4) is 0 Å². The van der Waals surface area contributed by atoms with Crippen LogP contribution in [-0.4, -0.2) is 70.0 Å². The molecule has 2 aliphatic rings. The van der Waals surface area contributed by atoms with E-state index < -0.39 is 10.0 Å². The number of benzene rings is 2. The van der Waals surface area contributed by atoms with Crippen molar-refractivity contribution in [2.24, 2.45) is 11.8 Å². The van der Waals surface area contributed by atoms with Gasteiger partial charge in [0.2, 0.25) is 15.9 Å². The third-order valence-corrected chi connectivity index (χ3v) is 10.6. The highest BCUT2D eigenvalue weighted by molar-refractivity contribution is 7.89. The summed E-state index contributed by atoms with van der Waals surface area (Å²) < 4.78 is 47.8. The quantitative estimate of drug-likeness (QED) is 0.444. The van der Waals surface area contributed by atoms with Crippen LogP contribution in [0.4, 0.5) is 4.39 Å². The Morgan fingerprint density at radius 1 is 1.07 bits per heavy atom. The first kappa shape index (κ1) is 30.6. The van der Waals surface area contributed by atoms with Gasteiger partial charge >= 0.3 is 0 Å². The lowest BCUT2D eigenvalue weighted by Crippen LogP contribution is -2.37. The van der Waals surface area contributed by atoms with E-state index in [4.69, 9.17) is 4.74 Å². The predicted molar refractivity (Wildman–Crippen MR) is 155 cm³/mol. The van der Waals surface area contributed by atoms with E-state index in [-0.39, 0.29) is 37.0 Å². The molecule has 220 valence electrons. The summed E-state index contributed by atoms with van der Waals surface area (Å²) in [4.78, 5) is 15.1. The van der Waals surface area contributed by atoms with Crippen molar-refractivity contribution in [1.29, 1.82) is 0 Å². The average Bonchev–Trinajstić information content (AvgIpc) is 3.36. The topological polar surface area (TPSA) is 78.9 Å². The highest BCUT2D eigenvalue weighted by atomic mass is 32.2. The van der Waals surface area contributed by atoms with Crippen LogP contribution in [0.1, 0.15) is 60.4 Å². The summed E-state index contributed by atoms with van der Waals surface area (Å²) >= 11 is 0. The Morgan fingerprint density at radius 3 is 2.38 bits per heavy atom. The van der Waals surface area contributed by atoms with Gasteiger partial charge in [0.15, 0.2) is 0 Å². The number of halogens is 1. The second-order valence-electron chi connectivity index (χ2n) is 11.9. The summed E-state index contributed by atoms with van der Waals surface area (Å²) in [6.45, 7) is 6.80. The molecule has 1 aliphatic carbocycles. The van der Waals surface area contributed by atoms with Crippen molar-refractivity contribution in [1.82, 2.24) is 14.5 Å². The summed E-state index contributed by atoms with van der Waals surface area (Å²) in [7, 11) is 0.476. The normalized spacial score (nSPS) is 22.9. The van der Waals surface area contributed by atoms with Crippen molar-refractivity contribution < 1.29 is 22.3 Å². The zero-order valence-corrected chi connectivity index (χ0v) is 25.3. The zero-order valence-electron chi connectivity index (χ0n) is 24.5. The van der Waals surface area contributed by atoms with E-state index in [0.717, 1.165) is 47.9 Å². The summed E-state index contributed by atoms with van der Waals surface area (Å²) in [5.74, 6) is 0.482. The van der Waals surface area contributed by atoms with E-state index in [1.165, 1.54) is 10.4 Å². The summed E-state index contributed by atoms with van der Waals surface area (Å²) in [6, 6.07) is 10.9. The second kappa shape index (κ2) is 13.1. The molecular weight excluding hydrogens is 529 g/mol. The van der Waals surface area contributed by atoms with E-state index >= 15 is 0 Å². The summed E-state index contributed by atoms with van der Waals surface area (Å²) in [5.41, 5.74) is 3.56. The molecule has 2 atom stereocenters. The van der Waals surface area contributed by atoms with Crippen LogP contribution < -0.4 is 5.32 Å². The number of hydrogen-bond donors (Lipinski definition) is 1. The van der Waals surface area contributed by atoms with Gasteiger partial charge in [-0.1, -0.05) is 29.8 Å². The molecule has 1 aliphatic heterocycles. The van der Waals surface area contributed by atoms with E-state index in [2.05, 4.69) is 10.2 Å². The number of nitrogens with one attached hydrogen (secondary N) is 1. The average molecular weight is 574 g/mol. The number of rotatable bonds is 10. The fourth-order valence-corrected chi connectivity index (χ4v) is 8.55. The van der Waals surface area contributed by atoms with Gasteiger partial charge in [-0.25, -0.2) is 12.8 Å². The van der Waals surface area contributed by atoms with E-state index in [9.17, 15) is 17.6 Å². The van der Waals surface area contributed by atoms with Crippen LogP contribution in [0.15, 0.2) is 41.3 Å². The monoisotopic (exact) mass is 573 g/mol. The molecule has 4 rings (SSSR count). The Labute approximate surface area is 239 Å². The van der Waals surface area contributed by atoms with Gasteiger partial charge in [-0.3, -0.25) is 4.79 Å². The molecule has 2 aromatic rings. The van der Waals surface area contributed by atoms with Crippen LogP contribution in [0.2, 0.25) is 0 Å². The molecule has 1 heterocycles. The van der Waals surface area contributed by atoms with Gasteiger partial charge in [-0.15, -0.1) is 0 Å². The first-order chi connectivity index (χ1) is 19.0. The van der Waals surface area contributed by atoms with Crippen molar-refractivity contribution in [2.75, 3.05) is 40.3 Å². The molecule has 0 radical (unpaired) electrons. The molecule has 9 heteroatoms. The number of amides is 1. The van der Waals surface area contributed by atoms with Crippen molar-refractivity contribution in [3.63, 3.8) is 0 Å². The number of aryl methyl sites for hydroxylation is 3. The van der Waals surface area contributed by atoms with Crippen LogP contribution in [0.5, 0.6) is 0 Å². The molecule has 1 N–H and O–H groups in total. The number of carbonyl (C=O) groups excluding carboxylic acids is 1. The van der Waals surface area contributed by atoms with Crippen LogP contribution in [0, 0.1) is 38.4 Å². The lowest BCUT2D eigenvalue weighted by molar-refractivity contribution is -0.127. The smallest absolute Gasteiger partial charge is 0.246 e. The Kier molecular flexibility index (Phi) is 10.0. The predicted octanol–water partition coefficient (Wildman–Crippen LogP) is 4.76. The SMILES string of the molecule is Cc1cc(C)c(S(=O)(=O)N2CCC(OCC(=O)NCC3CCC(C(c4cccc(F)c4)N(C)C)CC3)C2)c(C)c1. The molecule has 0 bridgehead atoms. The number of carbonyl (C=O) groups is 1. The maximum atomic E-state index is 13.8. The van der Waals surface area contributed by atoms with E-state index in [1.54, 1.807) is 12.1 Å². The molecule has 2 aromatic carbocycles. The standard InChI is InChI=1S/C31H44FN3O4S/c1-21-15-22(2)31(23(3)16-21)40(37,38)35-14-13-28(19-35)39-20-29(36)33-18-24-9-11-25(12-10-24)30(34(4)5)26-7-6-8-27(32)17-26/h6-8,15-17,24-25,28,30H,9-14,18-20H2,1-5H3,(H,33,36). The summed E-state index contributed by atoms with van der Waals surface area (Å²) in [5, 5.41) is 3.01. The minimum absolute atomic E-state index is 0.0707. The highest BCUT2D eigenvalue weighted by Gasteiger charge is 2.35. The third kappa shape index (κ3) is 7.29. The van der Waals surface area contributed by atoms with Crippen LogP contribution >= 0.6 is 0 Å². The molecule has 7 nitrogen and oxygen atoms in total. The van der Waals surface area contributed by atoms with Crippen molar-refractivity contribution >= 4 is 15.9 Å². The number of nitrogens with zero attached hydrogens (tertiary/aromatic N) is 2. The first-order valence-corrected chi connectivity index (χ1v) is 15.8. The molecular formula is C31H44FN3O4S. The fourth-order valence-electron chi connectivity index (χ4n) is 6.65. The van der Waals surface area contributed by atoms with Gasteiger partial charge in [0, 0.05) is 25.7 Å². The third-order valence-electron chi connectivity index (χ3n) is 8.43. The first-order valence-electron chi connectivity index (χ1n) is 14.3. The lowest BCUT2D eigenvalue weighted by Gasteiger charge is -2.37. The van der Waals surface area contributed by atoms with Gasteiger partial charge in [0.25, 0.3) is 0 Å². The van der Waals surface area contributed by atoms with Gasteiger partial charge < -0.3 is 15.0 Å². The summed E-state index contributed by atoms with van der Waals surface area (Å²) in [6.07, 6.45) is 4.36. The zero-order chi connectivity index (χ0) is 29.0. The van der Waals surface area contributed by atoms with Gasteiger partial charge in [0.05, 0.1) is 11.0 Å². The maximum Gasteiger partial charge on any atom is 0.246 e. The van der Waals surface area contributed by atoms with Crippen LogP contribution in [-0.2, 0) is 19.6 Å². The number of sulfonamides is 1. The largest absolute Gasteiger partial charge is 0.367 e. The molecule has 1 amide bonds. The number of ether oxygens (including phenoxy) is 1. The lowest BCUT2D eigenvalue weighted by atomic mass is 9.76.